The number of anilines is 1. The molecular formula is C25H23N3O4S. The number of aryl methyl sites for hydroxylation is 2. The van der Waals surface area contributed by atoms with E-state index in [1.54, 1.807) is 43.5 Å². The number of hydrogen-bond donors (Lipinski definition) is 2. The van der Waals surface area contributed by atoms with Gasteiger partial charge in [0.25, 0.3) is 11.5 Å². The van der Waals surface area contributed by atoms with E-state index in [0.29, 0.717) is 39.3 Å². The maximum Gasteiger partial charge on any atom is 0.266 e. The van der Waals surface area contributed by atoms with Crippen LogP contribution in [0.1, 0.15) is 21.5 Å². The van der Waals surface area contributed by atoms with Crippen molar-refractivity contribution >= 4 is 34.7 Å². The molecule has 4 rings (SSSR count). The van der Waals surface area contributed by atoms with Crippen LogP contribution in [0, 0.1) is 18.6 Å². The molecule has 8 heteroatoms. The smallest absolute Gasteiger partial charge is 0.266 e. The molecule has 0 spiro atoms. The van der Waals surface area contributed by atoms with Crippen molar-refractivity contribution in [3.8, 4) is 17.2 Å². The normalized spacial score (nSPS) is 10.8. The van der Waals surface area contributed by atoms with Crippen LogP contribution < -0.4 is 20.3 Å². The minimum atomic E-state index is -0.304. The Bertz CT molecular complexity index is 1500. The van der Waals surface area contributed by atoms with Crippen LogP contribution in [0.15, 0.2) is 59.4 Å². The average Bonchev–Trinajstić information content (AvgIpc) is 2.80. The fourth-order valence-corrected chi connectivity index (χ4v) is 3.88. The average molecular weight is 462 g/mol. The molecule has 33 heavy (non-hydrogen) atoms. The zero-order chi connectivity index (χ0) is 23.7. The monoisotopic (exact) mass is 461 g/mol. The van der Waals surface area contributed by atoms with Crippen LogP contribution in [0.4, 0.5) is 5.69 Å². The van der Waals surface area contributed by atoms with Crippen molar-refractivity contribution in [3.05, 3.63) is 86.4 Å². The summed E-state index contributed by atoms with van der Waals surface area (Å²) in [7, 11) is 3.07. The van der Waals surface area contributed by atoms with Gasteiger partial charge in [0.1, 0.15) is 0 Å². The summed E-state index contributed by atoms with van der Waals surface area (Å²) in [6, 6.07) is 15.7. The topological polar surface area (TPSA) is 85.4 Å². The molecule has 2 N–H and O–H groups in total. The molecule has 0 saturated carbocycles. The van der Waals surface area contributed by atoms with Crippen molar-refractivity contribution in [1.29, 1.82) is 0 Å². The highest BCUT2D eigenvalue weighted by molar-refractivity contribution is 7.71. The van der Waals surface area contributed by atoms with Gasteiger partial charge in [-0.1, -0.05) is 6.07 Å². The molecule has 1 heterocycles. The number of aromatic nitrogens is 2. The number of ether oxygens (including phenoxy) is 2. The first-order valence-electron chi connectivity index (χ1n) is 10.2. The zero-order valence-corrected chi connectivity index (χ0v) is 19.5. The molecule has 168 valence electrons. The SMILES string of the molecule is COc1ccc(-n2c(=S)[nH]c3cc(C(=O)Nc4ccc(C)c(C)c4)ccc3c2=O)cc1OC. The van der Waals surface area contributed by atoms with Crippen LogP contribution in [0.3, 0.4) is 0 Å². The molecule has 0 atom stereocenters. The van der Waals surface area contributed by atoms with Gasteiger partial charge in [-0.05, 0) is 79.7 Å². The number of nitrogens with one attached hydrogen (secondary N) is 2. The van der Waals surface area contributed by atoms with Crippen LogP contribution in [0.5, 0.6) is 11.5 Å². The van der Waals surface area contributed by atoms with Crippen LogP contribution >= 0.6 is 12.2 Å². The Balaban J connectivity index is 1.73. The Hall–Kier alpha value is -3.91. The van der Waals surface area contributed by atoms with Gasteiger partial charge in [-0.25, -0.2) is 0 Å². The first kappa shape index (κ1) is 22.3. The van der Waals surface area contributed by atoms with E-state index in [1.165, 1.54) is 11.7 Å². The maximum absolute atomic E-state index is 13.2. The third-order valence-electron chi connectivity index (χ3n) is 5.55. The molecule has 3 aromatic carbocycles. The number of hydrogen-bond acceptors (Lipinski definition) is 5. The predicted octanol–water partition coefficient (Wildman–Crippen LogP) is 4.93. The Morgan fingerprint density at radius 2 is 1.70 bits per heavy atom. The number of nitrogens with zero attached hydrogens (tertiary/aromatic N) is 1. The van der Waals surface area contributed by atoms with Gasteiger partial charge in [0.05, 0.1) is 30.8 Å². The molecule has 0 bridgehead atoms. The lowest BCUT2D eigenvalue weighted by Gasteiger charge is -2.12. The van der Waals surface area contributed by atoms with Gasteiger partial charge in [0.2, 0.25) is 0 Å². The van der Waals surface area contributed by atoms with Gasteiger partial charge in [-0.3, -0.25) is 14.2 Å². The van der Waals surface area contributed by atoms with Crippen LogP contribution in [-0.2, 0) is 0 Å². The lowest BCUT2D eigenvalue weighted by atomic mass is 10.1. The first-order chi connectivity index (χ1) is 15.8. The van der Waals surface area contributed by atoms with E-state index in [1.807, 2.05) is 32.0 Å². The minimum Gasteiger partial charge on any atom is -0.493 e. The molecule has 4 aromatic rings. The van der Waals surface area contributed by atoms with E-state index >= 15 is 0 Å². The third kappa shape index (κ3) is 4.25. The summed E-state index contributed by atoms with van der Waals surface area (Å²) >= 11 is 5.46. The summed E-state index contributed by atoms with van der Waals surface area (Å²) < 4.78 is 12.2. The molecule has 0 fully saturated rings. The quantitative estimate of drug-likeness (QED) is 0.412. The highest BCUT2D eigenvalue weighted by atomic mass is 32.1. The number of rotatable bonds is 5. The minimum absolute atomic E-state index is 0.200. The number of carbonyl (C=O) groups excluding carboxylic acids is 1. The van der Waals surface area contributed by atoms with Crippen LogP contribution in [0.25, 0.3) is 16.6 Å². The second-order valence-electron chi connectivity index (χ2n) is 7.62. The summed E-state index contributed by atoms with van der Waals surface area (Å²) in [5, 5.41) is 3.30. The fourth-order valence-electron chi connectivity index (χ4n) is 3.58. The fraction of sp³-hybridized carbons (Fsp3) is 0.160. The number of benzene rings is 3. The van der Waals surface area contributed by atoms with Gasteiger partial charge in [-0.15, -0.1) is 0 Å². The van der Waals surface area contributed by atoms with Crippen molar-refractivity contribution in [2.45, 2.75) is 13.8 Å². The molecule has 1 aromatic heterocycles. The van der Waals surface area contributed by atoms with E-state index in [4.69, 9.17) is 21.7 Å². The summed E-state index contributed by atoms with van der Waals surface area (Å²) in [4.78, 5) is 29.1. The van der Waals surface area contributed by atoms with Crippen molar-refractivity contribution in [1.82, 2.24) is 9.55 Å². The molecule has 0 aliphatic heterocycles. The largest absolute Gasteiger partial charge is 0.493 e. The van der Waals surface area contributed by atoms with Gasteiger partial charge in [0, 0.05) is 17.3 Å². The number of methoxy groups -OCH3 is 2. The zero-order valence-electron chi connectivity index (χ0n) is 18.7. The molecule has 0 radical (unpaired) electrons. The maximum atomic E-state index is 13.2. The Morgan fingerprint density at radius 3 is 2.39 bits per heavy atom. The Labute approximate surface area is 195 Å². The van der Waals surface area contributed by atoms with Crippen molar-refractivity contribution in [2.24, 2.45) is 0 Å². The number of fused-ring (bicyclic) bond motifs is 1. The Kier molecular flexibility index (Phi) is 6.02. The number of carbonyl (C=O) groups is 1. The van der Waals surface area contributed by atoms with Gasteiger partial charge < -0.3 is 19.8 Å². The van der Waals surface area contributed by atoms with Gasteiger partial charge >= 0.3 is 0 Å². The molecule has 0 saturated heterocycles. The summed E-state index contributed by atoms with van der Waals surface area (Å²) in [5.41, 5.74) is 4.08. The van der Waals surface area contributed by atoms with E-state index in [-0.39, 0.29) is 16.2 Å². The Morgan fingerprint density at radius 1 is 0.939 bits per heavy atom. The van der Waals surface area contributed by atoms with Crippen LogP contribution in [-0.4, -0.2) is 29.7 Å². The van der Waals surface area contributed by atoms with Crippen LogP contribution in [0.2, 0.25) is 0 Å². The van der Waals surface area contributed by atoms with E-state index in [0.717, 1.165) is 11.1 Å². The van der Waals surface area contributed by atoms with Crippen molar-refractivity contribution in [2.75, 3.05) is 19.5 Å². The highest BCUT2D eigenvalue weighted by Crippen LogP contribution is 2.29. The molecular weight excluding hydrogens is 438 g/mol. The van der Waals surface area contributed by atoms with E-state index in [9.17, 15) is 9.59 Å². The van der Waals surface area contributed by atoms with E-state index < -0.39 is 0 Å². The van der Waals surface area contributed by atoms with E-state index in [2.05, 4.69) is 10.3 Å². The lowest BCUT2D eigenvalue weighted by Crippen LogP contribution is -2.21. The third-order valence-corrected chi connectivity index (χ3v) is 5.83. The highest BCUT2D eigenvalue weighted by Gasteiger charge is 2.14. The second-order valence-corrected chi connectivity index (χ2v) is 8.01. The number of amides is 1. The van der Waals surface area contributed by atoms with Gasteiger partial charge in [-0.2, -0.15) is 0 Å². The molecule has 7 nitrogen and oxygen atoms in total. The molecule has 1 amide bonds. The summed E-state index contributed by atoms with van der Waals surface area (Å²) in [6.07, 6.45) is 0. The summed E-state index contributed by atoms with van der Waals surface area (Å²) in [5.74, 6) is 0.753. The first-order valence-corrected chi connectivity index (χ1v) is 10.6. The predicted molar refractivity (Wildman–Crippen MR) is 132 cm³/mol. The van der Waals surface area contributed by atoms with Crippen molar-refractivity contribution < 1.29 is 14.3 Å². The molecule has 0 unspecified atom stereocenters. The number of aromatic amines is 1. The molecule has 0 aliphatic carbocycles. The molecule has 0 aliphatic rings. The van der Waals surface area contributed by atoms with Gasteiger partial charge in [0.15, 0.2) is 16.3 Å². The second kappa shape index (κ2) is 8.91. The van der Waals surface area contributed by atoms with Crippen molar-refractivity contribution in [3.63, 3.8) is 0 Å². The standard InChI is InChI=1S/C25H23N3O4S/c1-14-5-7-17(11-15(14)2)26-23(29)16-6-9-19-20(12-16)27-25(33)28(24(19)30)18-8-10-21(31-3)22(13-18)32-4/h5-13H,1-4H3,(H,26,29)(H,27,33). The summed E-state index contributed by atoms with van der Waals surface area (Å²) in [6.45, 7) is 4.01. The lowest BCUT2D eigenvalue weighted by molar-refractivity contribution is 0.102. The number of H-pyrrole nitrogens is 1.